The van der Waals surface area contributed by atoms with Crippen LogP contribution in [0.5, 0.6) is 0 Å². The van der Waals surface area contributed by atoms with Gasteiger partial charge in [0.2, 0.25) is 5.91 Å². The van der Waals surface area contributed by atoms with E-state index in [4.69, 9.17) is 5.73 Å². The van der Waals surface area contributed by atoms with Crippen molar-refractivity contribution >= 4 is 36.4 Å². The van der Waals surface area contributed by atoms with Crippen molar-refractivity contribution < 1.29 is 9.18 Å². The number of carbonyl (C=O) groups excluding carboxylic acids is 1. The smallest absolute Gasteiger partial charge is 0.220 e. The Balaban J connectivity index is 0.00000169. The number of carbonyl (C=O) groups is 1. The quantitative estimate of drug-likeness (QED) is 0.804. The predicted molar refractivity (Wildman–Crippen MR) is 109 cm³/mol. The van der Waals surface area contributed by atoms with Crippen molar-refractivity contribution in [1.82, 2.24) is 5.32 Å². The monoisotopic (exact) mass is 405 g/mol. The number of hydrogen-bond donors (Lipinski definition) is 2. The highest BCUT2D eigenvalue weighted by molar-refractivity contribution is 5.85. The lowest BCUT2D eigenvalue weighted by atomic mass is 9.98. The first-order valence-electron chi connectivity index (χ1n) is 9.09. The van der Waals surface area contributed by atoms with E-state index in [9.17, 15) is 9.18 Å². The number of amides is 1. The zero-order chi connectivity index (χ0) is 17.1. The number of anilines is 1. The topological polar surface area (TPSA) is 58.4 Å². The maximum atomic E-state index is 13.3. The van der Waals surface area contributed by atoms with Crippen LogP contribution in [0.1, 0.15) is 44.1 Å². The van der Waals surface area contributed by atoms with Crippen LogP contribution in [-0.4, -0.2) is 31.1 Å². The van der Waals surface area contributed by atoms with Gasteiger partial charge in [-0.15, -0.1) is 24.8 Å². The minimum atomic E-state index is -0.203. The zero-order valence-corrected chi connectivity index (χ0v) is 16.9. The first kappa shape index (κ1) is 23.0. The molecule has 148 valence electrons. The molecule has 2 aliphatic rings. The lowest BCUT2D eigenvalue weighted by Gasteiger charge is -2.35. The van der Waals surface area contributed by atoms with Crippen LogP contribution in [0.2, 0.25) is 0 Å². The fourth-order valence-corrected chi connectivity index (χ4v) is 4.13. The average molecular weight is 406 g/mol. The van der Waals surface area contributed by atoms with Crippen LogP contribution >= 0.6 is 24.8 Å². The summed E-state index contributed by atoms with van der Waals surface area (Å²) in [6.07, 6.45) is 5.83. The Morgan fingerprint density at radius 3 is 2.69 bits per heavy atom. The molecule has 4 nitrogen and oxygen atoms in total. The van der Waals surface area contributed by atoms with Crippen LogP contribution in [0.4, 0.5) is 10.1 Å². The van der Waals surface area contributed by atoms with Gasteiger partial charge in [0.15, 0.2) is 0 Å². The molecule has 7 heteroatoms. The molecule has 1 saturated carbocycles. The summed E-state index contributed by atoms with van der Waals surface area (Å²) in [5, 5.41) is 3.19. The Kier molecular flexibility index (Phi) is 9.14. The minimum absolute atomic E-state index is 0. The Morgan fingerprint density at radius 1 is 1.27 bits per heavy atom. The molecule has 3 N–H and O–H groups in total. The Morgan fingerprint density at radius 2 is 2.04 bits per heavy atom. The molecule has 0 spiro atoms. The summed E-state index contributed by atoms with van der Waals surface area (Å²) in [5.74, 6) is 0.259. The van der Waals surface area contributed by atoms with E-state index in [-0.39, 0.29) is 48.6 Å². The van der Waals surface area contributed by atoms with Gasteiger partial charge in [0.25, 0.3) is 0 Å². The summed E-state index contributed by atoms with van der Waals surface area (Å²) in [4.78, 5) is 14.6. The second-order valence-electron chi connectivity index (χ2n) is 7.34. The summed E-state index contributed by atoms with van der Waals surface area (Å²) in [7, 11) is 0. The Bertz CT molecular complexity index is 602. The molecule has 1 unspecified atom stereocenters. The van der Waals surface area contributed by atoms with Gasteiger partial charge in [-0.3, -0.25) is 4.79 Å². The fourth-order valence-electron chi connectivity index (χ4n) is 4.13. The molecular formula is C19H30Cl2FN3O. The van der Waals surface area contributed by atoms with E-state index >= 15 is 0 Å². The molecule has 1 aromatic carbocycles. The van der Waals surface area contributed by atoms with E-state index in [1.807, 2.05) is 13.0 Å². The summed E-state index contributed by atoms with van der Waals surface area (Å²) in [5.41, 5.74) is 8.08. The summed E-state index contributed by atoms with van der Waals surface area (Å²) < 4.78 is 13.3. The molecular weight excluding hydrogens is 376 g/mol. The number of nitrogens with zero attached hydrogens (tertiary/aromatic N) is 1. The Hall–Kier alpha value is -1.04. The molecule has 3 atom stereocenters. The number of nitrogens with two attached hydrogens (primary N) is 1. The summed E-state index contributed by atoms with van der Waals surface area (Å²) in [6.45, 7) is 3.67. The van der Waals surface area contributed by atoms with Gasteiger partial charge in [0.05, 0.1) is 0 Å². The lowest BCUT2D eigenvalue weighted by molar-refractivity contribution is -0.122. The average Bonchev–Trinajstić information content (AvgIpc) is 2.92. The highest BCUT2D eigenvalue weighted by Gasteiger charge is 2.28. The van der Waals surface area contributed by atoms with Crippen LogP contribution in [0.3, 0.4) is 0 Å². The van der Waals surface area contributed by atoms with Crippen molar-refractivity contribution in [2.75, 3.05) is 18.0 Å². The predicted octanol–water partition coefficient (Wildman–Crippen LogP) is 3.58. The molecule has 0 radical (unpaired) electrons. The summed E-state index contributed by atoms with van der Waals surface area (Å²) in [6, 6.07) is 5.26. The van der Waals surface area contributed by atoms with E-state index < -0.39 is 0 Å². The van der Waals surface area contributed by atoms with Crippen LogP contribution in [-0.2, 0) is 4.79 Å². The zero-order valence-electron chi connectivity index (χ0n) is 15.2. The number of benzene rings is 1. The van der Waals surface area contributed by atoms with Crippen molar-refractivity contribution in [3.8, 4) is 0 Å². The van der Waals surface area contributed by atoms with Crippen molar-refractivity contribution in [3.05, 3.63) is 29.6 Å². The van der Waals surface area contributed by atoms with Gasteiger partial charge in [-0.1, -0.05) is 6.42 Å². The molecule has 0 aromatic heterocycles. The van der Waals surface area contributed by atoms with Crippen molar-refractivity contribution in [3.63, 3.8) is 0 Å². The van der Waals surface area contributed by atoms with Crippen LogP contribution in [0.25, 0.3) is 0 Å². The third-order valence-electron chi connectivity index (χ3n) is 5.45. The summed E-state index contributed by atoms with van der Waals surface area (Å²) >= 11 is 0. The number of halogens is 3. The van der Waals surface area contributed by atoms with E-state index in [2.05, 4.69) is 10.2 Å². The first-order chi connectivity index (χ1) is 11.5. The van der Waals surface area contributed by atoms with Gasteiger partial charge in [-0.05, 0) is 62.3 Å². The molecule has 1 amide bonds. The third-order valence-corrected chi connectivity index (χ3v) is 5.45. The van der Waals surface area contributed by atoms with Crippen molar-refractivity contribution in [1.29, 1.82) is 0 Å². The van der Waals surface area contributed by atoms with E-state index in [0.29, 0.717) is 12.3 Å². The number of rotatable bonds is 4. The van der Waals surface area contributed by atoms with Crippen molar-refractivity contribution in [2.45, 2.75) is 57.5 Å². The normalized spacial score (nSPS) is 25.2. The van der Waals surface area contributed by atoms with Crippen LogP contribution in [0.15, 0.2) is 18.2 Å². The van der Waals surface area contributed by atoms with Gasteiger partial charge in [0.1, 0.15) is 5.82 Å². The number of aryl methyl sites for hydroxylation is 1. The SMILES string of the molecule is Cc1cc(F)ccc1N1CCCC(NC(=O)C[C@@H]2CCC[C@H]2N)C1.Cl.Cl. The maximum Gasteiger partial charge on any atom is 0.220 e. The molecule has 26 heavy (non-hydrogen) atoms. The molecule has 0 bridgehead atoms. The first-order valence-corrected chi connectivity index (χ1v) is 9.09. The highest BCUT2D eigenvalue weighted by atomic mass is 35.5. The molecule has 1 aromatic rings. The van der Waals surface area contributed by atoms with Gasteiger partial charge in [0, 0.05) is 37.3 Å². The van der Waals surface area contributed by atoms with Crippen LogP contribution < -0.4 is 16.0 Å². The number of hydrogen-bond acceptors (Lipinski definition) is 3. The van der Waals surface area contributed by atoms with E-state index in [1.165, 1.54) is 6.07 Å². The second-order valence-corrected chi connectivity index (χ2v) is 7.34. The van der Waals surface area contributed by atoms with Gasteiger partial charge in [-0.2, -0.15) is 0 Å². The number of piperidine rings is 1. The molecule has 1 saturated heterocycles. The minimum Gasteiger partial charge on any atom is -0.369 e. The van der Waals surface area contributed by atoms with E-state index in [0.717, 1.165) is 56.4 Å². The van der Waals surface area contributed by atoms with Crippen molar-refractivity contribution in [2.24, 2.45) is 11.7 Å². The molecule has 2 fully saturated rings. The largest absolute Gasteiger partial charge is 0.369 e. The molecule has 1 aliphatic carbocycles. The second kappa shape index (κ2) is 10.3. The molecule has 3 rings (SSSR count). The molecule has 1 heterocycles. The highest BCUT2D eigenvalue weighted by Crippen LogP contribution is 2.27. The number of nitrogens with one attached hydrogen (secondary N) is 1. The standard InChI is InChI=1S/C19H28FN3O.2ClH/c1-13-10-15(20)7-8-18(13)23-9-3-5-16(12-23)22-19(24)11-14-4-2-6-17(14)21;;/h7-8,10,14,16-17H,2-6,9,11-12,21H2,1H3,(H,22,24);2*1H/t14-,16?,17+;;/m0../s1. The fraction of sp³-hybridized carbons (Fsp3) is 0.632. The van der Waals surface area contributed by atoms with Gasteiger partial charge < -0.3 is 16.0 Å². The van der Waals surface area contributed by atoms with E-state index in [1.54, 1.807) is 6.07 Å². The maximum absolute atomic E-state index is 13.3. The molecule has 1 aliphatic heterocycles. The van der Waals surface area contributed by atoms with Crippen LogP contribution in [0, 0.1) is 18.7 Å². The lowest BCUT2D eigenvalue weighted by Crippen LogP contribution is -2.48. The van der Waals surface area contributed by atoms with Gasteiger partial charge >= 0.3 is 0 Å². The van der Waals surface area contributed by atoms with Gasteiger partial charge in [-0.25, -0.2) is 4.39 Å². The Labute approximate surface area is 167 Å². The third kappa shape index (κ3) is 5.73.